The third-order valence-electron chi connectivity index (χ3n) is 4.03. The van der Waals surface area contributed by atoms with Gasteiger partial charge in [0.15, 0.2) is 0 Å². The Bertz CT molecular complexity index is 396. The Labute approximate surface area is 110 Å². The predicted molar refractivity (Wildman–Crippen MR) is 75.8 cm³/mol. The first-order chi connectivity index (χ1) is 8.92. The zero-order valence-electron chi connectivity index (χ0n) is 11.2. The molecule has 18 heavy (non-hydrogen) atoms. The highest BCUT2D eigenvalue weighted by Gasteiger charge is 2.19. The number of rotatable bonds is 7. The van der Waals surface area contributed by atoms with Crippen LogP contribution in [0.3, 0.4) is 0 Å². The van der Waals surface area contributed by atoms with Crippen molar-refractivity contribution in [3.05, 3.63) is 34.9 Å². The number of hydrogen-bond donors (Lipinski definition) is 2. The molecule has 2 nitrogen and oxygen atoms in total. The van der Waals surface area contributed by atoms with Crippen LogP contribution in [0.25, 0.3) is 0 Å². The van der Waals surface area contributed by atoms with Gasteiger partial charge in [0.2, 0.25) is 0 Å². The zero-order valence-corrected chi connectivity index (χ0v) is 11.2. The molecule has 2 aliphatic rings. The van der Waals surface area contributed by atoms with E-state index in [1.54, 1.807) is 11.1 Å². The molecule has 0 aliphatic heterocycles. The Morgan fingerprint density at radius 1 is 1.06 bits per heavy atom. The van der Waals surface area contributed by atoms with Crippen LogP contribution in [-0.4, -0.2) is 19.1 Å². The summed E-state index contributed by atoms with van der Waals surface area (Å²) < 4.78 is 0. The second-order valence-electron chi connectivity index (χ2n) is 5.72. The van der Waals surface area contributed by atoms with Crippen LogP contribution in [0.2, 0.25) is 0 Å². The Balaban J connectivity index is 1.34. The van der Waals surface area contributed by atoms with Crippen molar-refractivity contribution in [2.45, 2.75) is 51.1 Å². The Hall–Kier alpha value is -0.860. The highest BCUT2D eigenvalue weighted by molar-refractivity contribution is 5.35. The fraction of sp³-hybridized carbons (Fsp3) is 0.625. The van der Waals surface area contributed by atoms with E-state index < -0.39 is 0 Å². The molecule has 1 fully saturated rings. The first-order valence-electron chi connectivity index (χ1n) is 7.46. The average Bonchev–Trinajstić information content (AvgIpc) is 3.09. The smallest absolute Gasteiger partial charge is 0.0205 e. The molecule has 2 N–H and O–H groups in total. The van der Waals surface area contributed by atoms with Gasteiger partial charge in [-0.05, 0) is 68.3 Å². The summed E-state index contributed by atoms with van der Waals surface area (Å²) in [4.78, 5) is 0. The molecule has 1 aromatic rings. The van der Waals surface area contributed by atoms with Crippen molar-refractivity contribution in [1.29, 1.82) is 0 Å². The monoisotopic (exact) mass is 244 g/mol. The predicted octanol–water partition coefficient (Wildman–Crippen LogP) is 2.41. The first kappa shape index (κ1) is 12.2. The fourth-order valence-electron chi connectivity index (χ4n) is 2.77. The minimum Gasteiger partial charge on any atom is -0.314 e. The van der Waals surface area contributed by atoms with E-state index in [2.05, 4.69) is 28.8 Å². The topological polar surface area (TPSA) is 24.1 Å². The summed E-state index contributed by atoms with van der Waals surface area (Å²) in [7, 11) is 0. The molecule has 3 rings (SSSR count). The van der Waals surface area contributed by atoms with Gasteiger partial charge in [-0.15, -0.1) is 0 Å². The molecule has 0 unspecified atom stereocenters. The highest BCUT2D eigenvalue weighted by atomic mass is 14.9. The molecule has 2 heteroatoms. The Kier molecular flexibility index (Phi) is 3.96. The number of nitrogens with one attached hydrogen (secondary N) is 2. The van der Waals surface area contributed by atoms with Crippen LogP contribution in [-0.2, 0) is 19.4 Å². The van der Waals surface area contributed by atoms with E-state index in [1.165, 1.54) is 50.6 Å². The van der Waals surface area contributed by atoms with Gasteiger partial charge in [0.1, 0.15) is 0 Å². The quantitative estimate of drug-likeness (QED) is 0.720. The molecular formula is C16H24N2. The summed E-state index contributed by atoms with van der Waals surface area (Å²) in [6, 6.07) is 7.87. The zero-order chi connectivity index (χ0) is 12.2. The van der Waals surface area contributed by atoms with E-state index in [1.807, 2.05) is 0 Å². The molecule has 0 spiro atoms. The van der Waals surface area contributed by atoms with Crippen LogP contribution in [0.15, 0.2) is 18.2 Å². The van der Waals surface area contributed by atoms with Gasteiger partial charge in [-0.1, -0.05) is 18.2 Å². The number of aryl methyl sites for hydroxylation is 2. The lowest BCUT2D eigenvalue weighted by Gasteiger charge is -2.07. The maximum absolute atomic E-state index is 3.55. The second-order valence-corrected chi connectivity index (χ2v) is 5.72. The molecule has 1 aromatic carbocycles. The van der Waals surface area contributed by atoms with Crippen LogP contribution >= 0.6 is 0 Å². The third kappa shape index (κ3) is 3.33. The fourth-order valence-corrected chi connectivity index (χ4v) is 2.77. The summed E-state index contributed by atoms with van der Waals surface area (Å²) in [5.41, 5.74) is 4.61. The van der Waals surface area contributed by atoms with Crippen LogP contribution in [0.5, 0.6) is 0 Å². The van der Waals surface area contributed by atoms with Crippen LogP contribution in [0.1, 0.15) is 42.4 Å². The van der Waals surface area contributed by atoms with Crippen molar-refractivity contribution in [3.8, 4) is 0 Å². The molecule has 0 amide bonds. The lowest BCUT2D eigenvalue weighted by atomic mass is 10.1. The minimum atomic E-state index is 0.849. The lowest BCUT2D eigenvalue weighted by molar-refractivity contribution is 0.593. The van der Waals surface area contributed by atoms with E-state index in [4.69, 9.17) is 0 Å². The molecule has 2 aliphatic carbocycles. The van der Waals surface area contributed by atoms with Gasteiger partial charge >= 0.3 is 0 Å². The van der Waals surface area contributed by atoms with Gasteiger partial charge in [-0.2, -0.15) is 0 Å². The van der Waals surface area contributed by atoms with E-state index in [-0.39, 0.29) is 0 Å². The molecule has 98 valence electrons. The van der Waals surface area contributed by atoms with Gasteiger partial charge in [0.05, 0.1) is 0 Å². The maximum atomic E-state index is 3.55. The Morgan fingerprint density at radius 3 is 2.83 bits per heavy atom. The summed E-state index contributed by atoms with van der Waals surface area (Å²) >= 11 is 0. The van der Waals surface area contributed by atoms with Gasteiger partial charge in [0, 0.05) is 12.6 Å². The van der Waals surface area contributed by atoms with Gasteiger partial charge in [-0.25, -0.2) is 0 Å². The third-order valence-corrected chi connectivity index (χ3v) is 4.03. The standard InChI is InChI=1S/C16H24N2/c1-3-14-6-5-13(11-15(14)4-1)12-17-9-2-10-18-16-7-8-16/h5-6,11,16-18H,1-4,7-10,12H2. The normalized spacial score (nSPS) is 18.0. The molecule has 0 radical (unpaired) electrons. The molecule has 1 saturated carbocycles. The molecule has 0 bridgehead atoms. The number of fused-ring (bicyclic) bond motifs is 1. The van der Waals surface area contributed by atoms with E-state index in [0.29, 0.717) is 0 Å². The maximum Gasteiger partial charge on any atom is 0.0205 e. The van der Waals surface area contributed by atoms with Gasteiger partial charge in [0.25, 0.3) is 0 Å². The van der Waals surface area contributed by atoms with Crippen molar-refractivity contribution < 1.29 is 0 Å². The highest BCUT2D eigenvalue weighted by Crippen LogP contribution is 2.22. The Morgan fingerprint density at radius 2 is 1.94 bits per heavy atom. The molecule has 0 saturated heterocycles. The van der Waals surface area contributed by atoms with Crippen molar-refractivity contribution in [3.63, 3.8) is 0 Å². The van der Waals surface area contributed by atoms with Gasteiger partial charge < -0.3 is 10.6 Å². The van der Waals surface area contributed by atoms with E-state index in [9.17, 15) is 0 Å². The summed E-state index contributed by atoms with van der Waals surface area (Å²) in [5.74, 6) is 0. The van der Waals surface area contributed by atoms with Gasteiger partial charge in [-0.3, -0.25) is 0 Å². The van der Waals surface area contributed by atoms with Crippen LogP contribution in [0, 0.1) is 0 Å². The minimum absolute atomic E-state index is 0.849. The largest absolute Gasteiger partial charge is 0.314 e. The summed E-state index contributed by atoms with van der Waals surface area (Å²) in [6.45, 7) is 3.31. The van der Waals surface area contributed by atoms with Crippen LogP contribution in [0.4, 0.5) is 0 Å². The van der Waals surface area contributed by atoms with Crippen molar-refractivity contribution in [2.24, 2.45) is 0 Å². The SMILES string of the molecule is c1cc2c(cc1CNCCCNC1CC1)CCC2. The second kappa shape index (κ2) is 5.85. The van der Waals surface area contributed by atoms with E-state index >= 15 is 0 Å². The number of hydrogen-bond acceptors (Lipinski definition) is 2. The molecule has 0 atom stereocenters. The van der Waals surface area contributed by atoms with Crippen molar-refractivity contribution in [2.75, 3.05) is 13.1 Å². The molecule has 0 heterocycles. The summed E-state index contributed by atoms with van der Waals surface area (Å²) in [5, 5.41) is 7.10. The summed E-state index contributed by atoms with van der Waals surface area (Å²) in [6.07, 6.45) is 7.94. The van der Waals surface area contributed by atoms with Crippen molar-refractivity contribution >= 4 is 0 Å². The first-order valence-corrected chi connectivity index (χ1v) is 7.46. The lowest BCUT2D eigenvalue weighted by Crippen LogP contribution is -2.23. The van der Waals surface area contributed by atoms with Crippen molar-refractivity contribution in [1.82, 2.24) is 10.6 Å². The molecular weight excluding hydrogens is 220 g/mol. The van der Waals surface area contributed by atoms with E-state index in [0.717, 1.165) is 19.1 Å². The average molecular weight is 244 g/mol. The van der Waals surface area contributed by atoms with Crippen LogP contribution < -0.4 is 10.6 Å². The molecule has 0 aromatic heterocycles. The number of benzene rings is 1.